The van der Waals surface area contributed by atoms with Gasteiger partial charge in [0, 0.05) is 55.1 Å². The van der Waals surface area contributed by atoms with Crippen LogP contribution in [0.2, 0.25) is 0 Å². The molecular formula is C72H89N7O14. The number of esters is 1. The topological polar surface area (TPSA) is 329 Å². The average molecular weight is 1280 g/mol. The van der Waals surface area contributed by atoms with Crippen LogP contribution in [0.1, 0.15) is 139 Å². The standard InChI is InChI=1S/C72H89N7O14/c1-7-46(5)62(67(87)76-57(70(90)91)40-52-44-73-54-36-26-25-35-53(52)54)78-68(88)63(47(6)8-2)77-66(86)56(41-59(82)83)74-65(85)55(39-45(3)4)75-69(89)64(61(50-31-19-13-20-32-50)51-33-21-14-22-34-51)79-71(92)72(42-48-27-15-11-16-28-48,43-49-29-17-12-18-30-49)93-60(84)38-24-10-9-23-37-58(80)81/h11-22,25-36,44-47,55-57,61-64,73H,7-10,23-24,37-43H2,1-6H3,(H,74,85)(H,75,89)(H,76,87)(H,77,86)(H,78,88)(H,79,92)(H,80,81)(H,82,83)(H,90,91)/t46-,47-,55-,56-,57-,62-,63-,64+/m0/s1. The Morgan fingerprint density at radius 2 is 0.935 bits per heavy atom. The molecule has 0 saturated carbocycles. The molecule has 496 valence electrons. The summed E-state index contributed by atoms with van der Waals surface area (Å²) in [6, 6.07) is 33.9. The molecule has 10 N–H and O–H groups in total. The number of aliphatic carboxylic acids is 3. The van der Waals surface area contributed by atoms with Gasteiger partial charge < -0.3 is 56.9 Å². The number of fused-ring (bicyclic) bond motifs is 1. The van der Waals surface area contributed by atoms with Crippen LogP contribution in [-0.4, -0.2) is 121 Å². The average Bonchev–Trinajstić information content (AvgIpc) is 1.29. The molecule has 6 rings (SSSR count). The van der Waals surface area contributed by atoms with Crippen molar-refractivity contribution in [3.05, 3.63) is 180 Å². The third kappa shape index (κ3) is 21.7. The lowest BCUT2D eigenvalue weighted by atomic mass is 9.82. The SMILES string of the molecule is CC[C@H](C)[C@H](NC(=O)[C@H](CC(=O)O)NC(=O)[C@H](CC(C)C)NC(=O)[C@H](NC(=O)C(Cc1ccccc1)(Cc1ccccc1)OC(=O)CCCCCCC(=O)O)C(c1ccccc1)c1ccccc1)C(=O)N[C@H](C(=O)N[C@@H](Cc1c[nH]c2ccccc12)C(=O)O)[C@@H](C)CC. The highest BCUT2D eigenvalue weighted by molar-refractivity contribution is 5.99. The van der Waals surface area contributed by atoms with Crippen LogP contribution in [0.3, 0.4) is 0 Å². The number of ether oxygens (including phenoxy) is 1. The Bertz CT molecular complexity index is 3370. The van der Waals surface area contributed by atoms with E-state index in [0.717, 1.165) is 10.9 Å². The van der Waals surface area contributed by atoms with Gasteiger partial charge in [-0.3, -0.25) is 43.2 Å². The zero-order chi connectivity index (χ0) is 67.6. The number of carboxylic acids is 3. The fourth-order valence-corrected chi connectivity index (χ4v) is 11.3. The summed E-state index contributed by atoms with van der Waals surface area (Å²) in [5.41, 5.74) is 1.81. The maximum atomic E-state index is 15.9. The molecule has 0 aliphatic rings. The highest BCUT2D eigenvalue weighted by Crippen LogP contribution is 2.32. The van der Waals surface area contributed by atoms with Crippen molar-refractivity contribution >= 4 is 70.2 Å². The van der Waals surface area contributed by atoms with Crippen molar-refractivity contribution in [2.45, 2.75) is 173 Å². The van der Waals surface area contributed by atoms with E-state index in [1.54, 1.807) is 169 Å². The van der Waals surface area contributed by atoms with Gasteiger partial charge in [0.05, 0.1) is 6.42 Å². The lowest BCUT2D eigenvalue weighted by Crippen LogP contribution is -2.62. The van der Waals surface area contributed by atoms with Gasteiger partial charge in [0.2, 0.25) is 29.5 Å². The van der Waals surface area contributed by atoms with Gasteiger partial charge in [-0.15, -0.1) is 0 Å². The Balaban J connectivity index is 1.32. The first-order valence-electron chi connectivity index (χ1n) is 32.0. The van der Waals surface area contributed by atoms with E-state index in [1.807, 2.05) is 24.3 Å². The molecule has 0 fully saturated rings. The minimum atomic E-state index is -2.01. The Kier molecular flexibility index (Phi) is 27.9. The Morgan fingerprint density at radius 3 is 1.44 bits per heavy atom. The fraction of sp³-hybridized carbons (Fsp3) is 0.417. The summed E-state index contributed by atoms with van der Waals surface area (Å²) < 4.78 is 6.46. The second-order valence-electron chi connectivity index (χ2n) is 24.4. The Morgan fingerprint density at radius 1 is 0.484 bits per heavy atom. The monoisotopic (exact) mass is 1280 g/mol. The van der Waals surface area contributed by atoms with Crippen molar-refractivity contribution in [3.8, 4) is 0 Å². The number of carboxylic acid groups (broad SMARTS) is 3. The molecule has 0 radical (unpaired) electrons. The quantitative estimate of drug-likeness (QED) is 0.0129. The Labute approximate surface area is 543 Å². The van der Waals surface area contributed by atoms with Crippen LogP contribution in [0.25, 0.3) is 10.9 Å². The number of carbonyl (C=O) groups is 10. The van der Waals surface area contributed by atoms with Gasteiger partial charge in [-0.25, -0.2) is 4.79 Å². The molecular weight excluding hydrogens is 1190 g/mol. The highest BCUT2D eigenvalue weighted by Gasteiger charge is 2.47. The number of hydrogen-bond acceptors (Lipinski definition) is 11. The zero-order valence-corrected chi connectivity index (χ0v) is 53.7. The lowest BCUT2D eigenvalue weighted by molar-refractivity contribution is -0.169. The fourth-order valence-electron chi connectivity index (χ4n) is 11.3. The second kappa shape index (κ2) is 35.8. The van der Waals surface area contributed by atoms with Gasteiger partial charge in [0.15, 0.2) is 5.60 Å². The van der Waals surface area contributed by atoms with Gasteiger partial charge in [0.1, 0.15) is 36.3 Å². The Hall–Kier alpha value is -9.66. The smallest absolute Gasteiger partial charge is 0.326 e. The van der Waals surface area contributed by atoms with E-state index in [9.17, 15) is 48.6 Å². The number of aromatic nitrogens is 1. The highest BCUT2D eigenvalue weighted by atomic mass is 16.6. The van der Waals surface area contributed by atoms with Crippen LogP contribution in [0.4, 0.5) is 0 Å². The molecule has 8 atom stereocenters. The number of unbranched alkanes of at least 4 members (excludes halogenated alkanes) is 3. The number of nitrogens with one attached hydrogen (secondary N) is 7. The van der Waals surface area contributed by atoms with E-state index in [0.29, 0.717) is 66.3 Å². The molecule has 0 bridgehead atoms. The van der Waals surface area contributed by atoms with Gasteiger partial charge in [-0.2, -0.15) is 0 Å². The summed E-state index contributed by atoms with van der Waals surface area (Å²) in [5.74, 6) is -12.3. The van der Waals surface area contributed by atoms with Crippen LogP contribution >= 0.6 is 0 Å². The number of carbonyl (C=O) groups excluding carboxylic acids is 7. The van der Waals surface area contributed by atoms with Crippen LogP contribution in [0.15, 0.2) is 152 Å². The molecule has 0 unspecified atom stereocenters. The summed E-state index contributed by atoms with van der Waals surface area (Å²) in [4.78, 5) is 144. The number of amides is 6. The van der Waals surface area contributed by atoms with Crippen LogP contribution < -0.4 is 31.9 Å². The zero-order valence-electron chi connectivity index (χ0n) is 53.7. The van der Waals surface area contributed by atoms with Crippen LogP contribution in [0, 0.1) is 17.8 Å². The van der Waals surface area contributed by atoms with E-state index in [-0.39, 0.29) is 44.4 Å². The molecule has 6 amide bonds. The molecule has 93 heavy (non-hydrogen) atoms. The maximum Gasteiger partial charge on any atom is 0.326 e. The van der Waals surface area contributed by atoms with E-state index >= 15 is 9.59 Å². The normalized spacial score (nSPS) is 14.0. The number of rotatable bonds is 38. The van der Waals surface area contributed by atoms with Gasteiger partial charge in [-0.05, 0) is 70.9 Å². The number of benzene rings is 5. The molecule has 0 saturated heterocycles. The second-order valence-corrected chi connectivity index (χ2v) is 24.4. The predicted molar refractivity (Wildman–Crippen MR) is 351 cm³/mol. The third-order valence-corrected chi connectivity index (χ3v) is 16.8. The number of H-pyrrole nitrogens is 1. The van der Waals surface area contributed by atoms with E-state index < -0.39 is 125 Å². The van der Waals surface area contributed by atoms with Crippen molar-refractivity contribution < 1.29 is 68.0 Å². The van der Waals surface area contributed by atoms with E-state index in [4.69, 9.17) is 9.84 Å². The molecule has 0 spiro atoms. The van der Waals surface area contributed by atoms with Crippen molar-refractivity contribution in [2.24, 2.45) is 17.8 Å². The van der Waals surface area contributed by atoms with Crippen molar-refractivity contribution in [1.29, 1.82) is 0 Å². The molecule has 1 aromatic heterocycles. The molecule has 5 aromatic carbocycles. The van der Waals surface area contributed by atoms with Crippen molar-refractivity contribution in [3.63, 3.8) is 0 Å². The first-order valence-corrected chi connectivity index (χ1v) is 32.0. The molecule has 21 heteroatoms. The van der Waals surface area contributed by atoms with Crippen molar-refractivity contribution in [1.82, 2.24) is 36.9 Å². The lowest BCUT2D eigenvalue weighted by Gasteiger charge is -2.36. The van der Waals surface area contributed by atoms with Crippen molar-refractivity contribution in [2.75, 3.05) is 0 Å². The minimum Gasteiger partial charge on any atom is -0.481 e. The molecule has 0 aliphatic carbocycles. The summed E-state index contributed by atoms with van der Waals surface area (Å²) in [6.45, 7) is 10.5. The first-order chi connectivity index (χ1) is 44.5. The summed E-state index contributed by atoms with van der Waals surface area (Å²) in [6.07, 6.45) is 2.63. The maximum absolute atomic E-state index is 15.9. The molecule has 6 aromatic rings. The molecule has 1 heterocycles. The molecule has 21 nitrogen and oxygen atoms in total. The van der Waals surface area contributed by atoms with Crippen LogP contribution in [0.5, 0.6) is 0 Å². The third-order valence-electron chi connectivity index (χ3n) is 16.8. The predicted octanol–water partition coefficient (Wildman–Crippen LogP) is 8.34. The number of aromatic amines is 1. The van der Waals surface area contributed by atoms with Gasteiger partial charge in [-0.1, -0.05) is 207 Å². The van der Waals surface area contributed by atoms with Crippen LogP contribution in [-0.2, 0) is 71.9 Å². The van der Waals surface area contributed by atoms with E-state index in [2.05, 4.69) is 36.9 Å². The summed E-state index contributed by atoms with van der Waals surface area (Å²) >= 11 is 0. The summed E-state index contributed by atoms with van der Waals surface area (Å²) in [5, 5.41) is 46.9. The van der Waals surface area contributed by atoms with Gasteiger partial charge in [0.25, 0.3) is 5.91 Å². The first kappa shape index (κ1) is 72.4. The minimum absolute atomic E-state index is 0.0178. The van der Waals surface area contributed by atoms with Gasteiger partial charge >= 0.3 is 23.9 Å². The van der Waals surface area contributed by atoms with E-state index in [1.165, 1.54) is 0 Å². The molecule has 0 aliphatic heterocycles. The largest absolute Gasteiger partial charge is 0.481 e. The summed E-state index contributed by atoms with van der Waals surface area (Å²) in [7, 11) is 0. The number of hydrogen-bond donors (Lipinski definition) is 10. The number of para-hydroxylation sites is 1.